The first-order chi connectivity index (χ1) is 12.2. The van der Waals surface area contributed by atoms with Gasteiger partial charge < -0.3 is 9.64 Å². The summed E-state index contributed by atoms with van der Waals surface area (Å²) in [7, 11) is 0. The molecule has 0 radical (unpaired) electrons. The Morgan fingerprint density at radius 2 is 1.56 bits per heavy atom. The normalized spacial score (nSPS) is 13.4. The molecule has 3 nitrogen and oxygen atoms in total. The van der Waals surface area contributed by atoms with Gasteiger partial charge in [-0.15, -0.1) is 0 Å². The van der Waals surface area contributed by atoms with Crippen LogP contribution in [0.3, 0.4) is 0 Å². The molecule has 0 heterocycles. The van der Waals surface area contributed by atoms with Crippen molar-refractivity contribution in [2.45, 2.75) is 32.6 Å². The highest BCUT2D eigenvalue weighted by atomic mass is 16.5. The molecule has 0 spiro atoms. The third kappa shape index (κ3) is 3.93. The second kappa shape index (κ2) is 8.30. The summed E-state index contributed by atoms with van der Waals surface area (Å²) < 4.78 is 5.67. The van der Waals surface area contributed by atoms with Gasteiger partial charge in [-0.05, 0) is 48.2 Å². The van der Waals surface area contributed by atoms with Gasteiger partial charge in [0, 0.05) is 6.54 Å². The molecule has 0 N–H and O–H groups in total. The first-order valence-electron chi connectivity index (χ1n) is 9.29. The lowest BCUT2D eigenvalue weighted by Gasteiger charge is -2.27. The van der Waals surface area contributed by atoms with Crippen LogP contribution in [0.1, 0.15) is 48.4 Å². The molecule has 0 aliphatic heterocycles. The van der Waals surface area contributed by atoms with Crippen LogP contribution >= 0.6 is 0 Å². The number of esters is 1. The highest BCUT2D eigenvalue weighted by Gasteiger charge is 2.31. The second-order valence-corrected chi connectivity index (χ2v) is 6.56. The Morgan fingerprint density at radius 3 is 2.12 bits per heavy atom. The lowest BCUT2D eigenvalue weighted by atomic mass is 9.78. The standard InChI is InChI=1S/C22H27NO2/c1-3-23(4-2)14-9-15-25-22(24)21-19-12-7-5-10-17(19)16-18-11-6-8-13-20(18)21/h5-8,10-13,21H,3-4,9,14-16H2,1-2H3. The third-order valence-corrected chi connectivity index (χ3v) is 5.11. The third-order valence-electron chi connectivity index (χ3n) is 5.11. The van der Waals surface area contributed by atoms with Gasteiger partial charge in [-0.1, -0.05) is 62.4 Å². The minimum atomic E-state index is -0.297. The van der Waals surface area contributed by atoms with Crippen molar-refractivity contribution in [1.29, 1.82) is 0 Å². The zero-order valence-corrected chi connectivity index (χ0v) is 15.2. The molecule has 2 aromatic carbocycles. The van der Waals surface area contributed by atoms with E-state index in [1.54, 1.807) is 0 Å². The van der Waals surface area contributed by atoms with Crippen LogP contribution in [0.2, 0.25) is 0 Å². The maximum atomic E-state index is 12.9. The summed E-state index contributed by atoms with van der Waals surface area (Å²) in [5.74, 6) is -0.422. The van der Waals surface area contributed by atoms with Gasteiger partial charge in [-0.25, -0.2) is 0 Å². The molecule has 0 saturated carbocycles. The van der Waals surface area contributed by atoms with Crippen molar-refractivity contribution in [3.05, 3.63) is 70.8 Å². The van der Waals surface area contributed by atoms with Crippen molar-refractivity contribution < 1.29 is 9.53 Å². The van der Waals surface area contributed by atoms with Gasteiger partial charge in [-0.2, -0.15) is 0 Å². The van der Waals surface area contributed by atoms with Gasteiger partial charge in [0.25, 0.3) is 0 Å². The van der Waals surface area contributed by atoms with E-state index in [0.29, 0.717) is 6.61 Å². The van der Waals surface area contributed by atoms with Crippen molar-refractivity contribution in [3.8, 4) is 0 Å². The van der Waals surface area contributed by atoms with Crippen molar-refractivity contribution in [1.82, 2.24) is 4.90 Å². The van der Waals surface area contributed by atoms with E-state index in [1.807, 2.05) is 24.3 Å². The molecule has 1 aliphatic carbocycles. The van der Waals surface area contributed by atoms with Crippen LogP contribution in [-0.2, 0) is 16.0 Å². The summed E-state index contributed by atoms with van der Waals surface area (Å²) in [4.78, 5) is 15.2. The SMILES string of the molecule is CCN(CC)CCCOC(=O)C1c2ccccc2Cc2ccccc21. The van der Waals surface area contributed by atoms with E-state index in [1.165, 1.54) is 11.1 Å². The molecule has 25 heavy (non-hydrogen) atoms. The summed E-state index contributed by atoms with van der Waals surface area (Å²) >= 11 is 0. The molecular weight excluding hydrogens is 310 g/mol. The van der Waals surface area contributed by atoms with Crippen molar-refractivity contribution in [2.24, 2.45) is 0 Å². The molecule has 2 aromatic rings. The van der Waals surface area contributed by atoms with Gasteiger partial charge >= 0.3 is 5.97 Å². The van der Waals surface area contributed by atoms with Crippen LogP contribution in [-0.4, -0.2) is 37.1 Å². The summed E-state index contributed by atoms with van der Waals surface area (Å²) in [6.45, 7) is 7.84. The molecule has 0 fully saturated rings. The molecule has 1 aliphatic rings. The molecule has 0 aromatic heterocycles. The summed E-state index contributed by atoms with van der Waals surface area (Å²) in [6.07, 6.45) is 1.77. The van der Waals surface area contributed by atoms with E-state index >= 15 is 0 Å². The number of rotatable bonds is 7. The van der Waals surface area contributed by atoms with Crippen molar-refractivity contribution in [2.75, 3.05) is 26.2 Å². The molecule has 0 bridgehead atoms. The molecule has 0 saturated heterocycles. The number of fused-ring (bicyclic) bond motifs is 2. The topological polar surface area (TPSA) is 29.5 Å². The lowest BCUT2D eigenvalue weighted by molar-refractivity contribution is -0.144. The fourth-order valence-corrected chi connectivity index (χ4v) is 3.66. The number of nitrogens with zero attached hydrogens (tertiary/aromatic N) is 1. The average Bonchev–Trinajstić information content (AvgIpc) is 2.66. The highest BCUT2D eigenvalue weighted by molar-refractivity contribution is 5.84. The first-order valence-corrected chi connectivity index (χ1v) is 9.29. The van der Waals surface area contributed by atoms with E-state index in [4.69, 9.17) is 4.74 Å². The summed E-state index contributed by atoms with van der Waals surface area (Å²) in [5, 5.41) is 0. The zero-order chi connectivity index (χ0) is 17.6. The molecular formula is C22H27NO2. The maximum absolute atomic E-state index is 12.9. The van der Waals surface area contributed by atoms with Gasteiger partial charge in [0.15, 0.2) is 0 Å². The number of hydrogen-bond donors (Lipinski definition) is 0. The molecule has 132 valence electrons. The molecule has 3 rings (SSSR count). The van der Waals surface area contributed by atoms with Crippen molar-refractivity contribution in [3.63, 3.8) is 0 Å². The van der Waals surface area contributed by atoms with E-state index in [0.717, 1.165) is 43.6 Å². The quantitative estimate of drug-likeness (QED) is 0.565. The zero-order valence-electron chi connectivity index (χ0n) is 15.2. The monoisotopic (exact) mass is 337 g/mol. The molecule has 0 amide bonds. The number of hydrogen-bond acceptors (Lipinski definition) is 3. The highest BCUT2D eigenvalue weighted by Crippen LogP contribution is 2.37. The van der Waals surface area contributed by atoms with Gasteiger partial charge in [0.2, 0.25) is 0 Å². The van der Waals surface area contributed by atoms with Crippen molar-refractivity contribution >= 4 is 5.97 Å². The summed E-state index contributed by atoms with van der Waals surface area (Å²) in [6, 6.07) is 16.5. The molecule has 0 atom stereocenters. The fourth-order valence-electron chi connectivity index (χ4n) is 3.66. The predicted octanol–water partition coefficient (Wildman–Crippen LogP) is 4.00. The smallest absolute Gasteiger partial charge is 0.317 e. The van der Waals surface area contributed by atoms with E-state index in [-0.39, 0.29) is 11.9 Å². The Kier molecular flexibility index (Phi) is 5.87. The van der Waals surface area contributed by atoms with E-state index in [9.17, 15) is 4.79 Å². The largest absolute Gasteiger partial charge is 0.465 e. The van der Waals surface area contributed by atoms with Crippen LogP contribution in [0, 0.1) is 0 Å². The van der Waals surface area contributed by atoms with E-state index < -0.39 is 0 Å². The Bertz CT molecular complexity index is 676. The van der Waals surface area contributed by atoms with Crippen LogP contribution < -0.4 is 0 Å². The maximum Gasteiger partial charge on any atom is 0.317 e. The number of benzene rings is 2. The Labute approximate surface area is 150 Å². The van der Waals surface area contributed by atoms with Crippen LogP contribution in [0.15, 0.2) is 48.5 Å². The fraction of sp³-hybridized carbons (Fsp3) is 0.409. The molecule has 0 unspecified atom stereocenters. The Balaban J connectivity index is 1.72. The van der Waals surface area contributed by atoms with Crippen LogP contribution in [0.25, 0.3) is 0 Å². The van der Waals surface area contributed by atoms with Crippen LogP contribution in [0.4, 0.5) is 0 Å². The van der Waals surface area contributed by atoms with Gasteiger partial charge in [0.1, 0.15) is 5.92 Å². The number of ether oxygens (including phenoxy) is 1. The van der Waals surface area contributed by atoms with Gasteiger partial charge in [0.05, 0.1) is 6.61 Å². The summed E-state index contributed by atoms with van der Waals surface area (Å²) in [5.41, 5.74) is 4.64. The predicted molar refractivity (Wildman–Crippen MR) is 101 cm³/mol. The van der Waals surface area contributed by atoms with Crippen LogP contribution in [0.5, 0.6) is 0 Å². The number of carbonyl (C=O) groups is 1. The van der Waals surface area contributed by atoms with Gasteiger partial charge in [-0.3, -0.25) is 4.79 Å². The minimum Gasteiger partial charge on any atom is -0.465 e. The number of carbonyl (C=O) groups excluding carboxylic acids is 1. The first kappa shape index (κ1) is 17.7. The Hall–Kier alpha value is -2.13. The average molecular weight is 337 g/mol. The lowest BCUT2D eigenvalue weighted by Crippen LogP contribution is -2.27. The van der Waals surface area contributed by atoms with E-state index in [2.05, 4.69) is 43.0 Å². The second-order valence-electron chi connectivity index (χ2n) is 6.56. The Morgan fingerprint density at radius 1 is 1.00 bits per heavy atom. The minimum absolute atomic E-state index is 0.126. The molecule has 3 heteroatoms.